The summed E-state index contributed by atoms with van der Waals surface area (Å²) in [6, 6.07) is 15.8. The summed E-state index contributed by atoms with van der Waals surface area (Å²) in [6.45, 7) is 1.19. The van der Waals surface area contributed by atoms with Crippen molar-refractivity contribution in [1.82, 2.24) is 15.0 Å². The van der Waals surface area contributed by atoms with E-state index in [1.165, 1.54) is 12.1 Å². The van der Waals surface area contributed by atoms with Crippen LogP contribution in [0, 0.1) is 5.82 Å². The number of rotatable bonds is 4. The van der Waals surface area contributed by atoms with Crippen molar-refractivity contribution in [3.05, 3.63) is 71.9 Å². The summed E-state index contributed by atoms with van der Waals surface area (Å²) in [5.41, 5.74) is 1.59. The van der Waals surface area contributed by atoms with E-state index in [9.17, 15) is 9.18 Å². The van der Waals surface area contributed by atoms with E-state index in [1.807, 2.05) is 30.3 Å². The number of halogens is 1. The summed E-state index contributed by atoms with van der Waals surface area (Å²) in [5.74, 6) is 0.821. The number of carbonyl (C=O) groups is 1. The highest BCUT2D eigenvalue weighted by Crippen LogP contribution is 2.28. The molecule has 1 saturated heterocycles. The molecule has 0 bridgehead atoms. The van der Waals surface area contributed by atoms with Gasteiger partial charge in [-0.2, -0.15) is 4.98 Å². The first-order valence-corrected chi connectivity index (χ1v) is 8.60. The first-order valence-electron chi connectivity index (χ1n) is 8.60. The zero-order valence-corrected chi connectivity index (χ0v) is 14.1. The number of amides is 1. The number of hydrogen-bond donors (Lipinski definition) is 0. The quantitative estimate of drug-likeness (QED) is 0.722. The van der Waals surface area contributed by atoms with Crippen LogP contribution in [0.3, 0.4) is 0 Å². The molecule has 0 aliphatic carbocycles. The SMILES string of the molecule is O=C(Cc1cccc(F)c1)N1CC[C@@H](c2nc(-c3ccccc3)no2)C1. The Morgan fingerprint density at radius 2 is 2.04 bits per heavy atom. The van der Waals surface area contributed by atoms with Crippen molar-refractivity contribution in [3.8, 4) is 11.4 Å². The van der Waals surface area contributed by atoms with Crippen LogP contribution in [0.2, 0.25) is 0 Å². The largest absolute Gasteiger partial charge is 0.342 e. The van der Waals surface area contributed by atoms with Crippen molar-refractivity contribution in [2.45, 2.75) is 18.8 Å². The van der Waals surface area contributed by atoms with E-state index in [1.54, 1.807) is 17.0 Å². The fraction of sp³-hybridized carbons (Fsp3) is 0.250. The van der Waals surface area contributed by atoms with Crippen LogP contribution < -0.4 is 0 Å². The number of hydrogen-bond acceptors (Lipinski definition) is 4. The number of likely N-dealkylation sites (tertiary alicyclic amines) is 1. The third-order valence-electron chi connectivity index (χ3n) is 4.61. The monoisotopic (exact) mass is 351 g/mol. The lowest BCUT2D eigenvalue weighted by atomic mass is 10.1. The lowest BCUT2D eigenvalue weighted by Gasteiger charge is -2.15. The van der Waals surface area contributed by atoms with E-state index in [4.69, 9.17) is 4.52 Å². The standard InChI is InChI=1S/C20H18FN3O2/c21-17-8-4-5-14(11-17)12-18(25)24-10-9-16(13-24)20-22-19(23-26-20)15-6-2-1-3-7-15/h1-8,11,16H,9-10,12-13H2/t16-/m1/s1. The summed E-state index contributed by atoms with van der Waals surface area (Å²) in [7, 11) is 0. The lowest BCUT2D eigenvalue weighted by Crippen LogP contribution is -2.29. The second-order valence-corrected chi connectivity index (χ2v) is 6.45. The fourth-order valence-corrected chi connectivity index (χ4v) is 3.23. The van der Waals surface area contributed by atoms with Gasteiger partial charge in [0.1, 0.15) is 5.82 Å². The van der Waals surface area contributed by atoms with Crippen molar-refractivity contribution >= 4 is 5.91 Å². The molecule has 1 aliphatic heterocycles. The highest BCUT2D eigenvalue weighted by molar-refractivity contribution is 5.79. The van der Waals surface area contributed by atoms with E-state index in [0.29, 0.717) is 30.4 Å². The summed E-state index contributed by atoms with van der Waals surface area (Å²) in [5, 5.41) is 4.05. The topological polar surface area (TPSA) is 59.2 Å². The molecule has 5 nitrogen and oxygen atoms in total. The van der Waals surface area contributed by atoms with Gasteiger partial charge in [0.05, 0.1) is 12.3 Å². The molecular weight excluding hydrogens is 333 g/mol. The molecule has 0 spiro atoms. The van der Waals surface area contributed by atoms with Gasteiger partial charge >= 0.3 is 0 Å². The summed E-state index contributed by atoms with van der Waals surface area (Å²) in [6.07, 6.45) is 0.981. The second kappa shape index (κ2) is 7.07. The van der Waals surface area contributed by atoms with Crippen LogP contribution >= 0.6 is 0 Å². The van der Waals surface area contributed by atoms with Gasteiger partial charge in [-0.1, -0.05) is 47.6 Å². The number of nitrogens with zero attached hydrogens (tertiary/aromatic N) is 3. The van der Waals surface area contributed by atoms with Crippen LogP contribution in [0.5, 0.6) is 0 Å². The van der Waals surface area contributed by atoms with Gasteiger partial charge < -0.3 is 9.42 Å². The van der Waals surface area contributed by atoms with E-state index in [0.717, 1.165) is 12.0 Å². The molecule has 0 unspecified atom stereocenters. The normalized spacial score (nSPS) is 16.8. The molecular formula is C20H18FN3O2. The minimum absolute atomic E-state index is 0.0131. The van der Waals surface area contributed by atoms with Crippen molar-refractivity contribution in [2.24, 2.45) is 0 Å². The average molecular weight is 351 g/mol. The summed E-state index contributed by atoms with van der Waals surface area (Å²) >= 11 is 0. The maximum Gasteiger partial charge on any atom is 0.231 e. The highest BCUT2D eigenvalue weighted by Gasteiger charge is 2.31. The van der Waals surface area contributed by atoms with Crippen molar-refractivity contribution in [3.63, 3.8) is 0 Å². The first kappa shape index (κ1) is 16.4. The first-order chi connectivity index (χ1) is 12.7. The molecule has 6 heteroatoms. The minimum atomic E-state index is -0.325. The molecule has 0 radical (unpaired) electrons. The Morgan fingerprint density at radius 1 is 1.19 bits per heavy atom. The molecule has 132 valence electrons. The van der Waals surface area contributed by atoms with Crippen molar-refractivity contribution < 1.29 is 13.7 Å². The van der Waals surface area contributed by atoms with Gasteiger partial charge in [-0.05, 0) is 24.1 Å². The van der Waals surface area contributed by atoms with E-state index < -0.39 is 0 Å². The molecule has 1 aromatic heterocycles. The molecule has 1 amide bonds. The van der Waals surface area contributed by atoms with Gasteiger partial charge in [-0.3, -0.25) is 4.79 Å². The molecule has 26 heavy (non-hydrogen) atoms. The Labute approximate surface area is 150 Å². The second-order valence-electron chi connectivity index (χ2n) is 6.45. The molecule has 1 fully saturated rings. The smallest absolute Gasteiger partial charge is 0.231 e. The van der Waals surface area contributed by atoms with Gasteiger partial charge in [0.15, 0.2) is 0 Å². The van der Waals surface area contributed by atoms with Gasteiger partial charge in [0.25, 0.3) is 0 Å². The van der Waals surface area contributed by atoms with Crippen LogP contribution in [0.1, 0.15) is 23.8 Å². The minimum Gasteiger partial charge on any atom is -0.342 e. The van der Waals surface area contributed by atoms with Crippen molar-refractivity contribution in [1.29, 1.82) is 0 Å². The molecule has 0 N–H and O–H groups in total. The van der Waals surface area contributed by atoms with Crippen molar-refractivity contribution in [2.75, 3.05) is 13.1 Å². The molecule has 1 atom stereocenters. The third kappa shape index (κ3) is 3.49. The average Bonchev–Trinajstić information content (AvgIpc) is 3.32. The molecule has 4 rings (SSSR count). The Balaban J connectivity index is 1.41. The Bertz CT molecular complexity index is 910. The van der Waals surface area contributed by atoms with Crippen LogP contribution in [0.25, 0.3) is 11.4 Å². The molecule has 1 aliphatic rings. The zero-order valence-electron chi connectivity index (χ0n) is 14.1. The lowest BCUT2D eigenvalue weighted by molar-refractivity contribution is -0.129. The Morgan fingerprint density at radius 3 is 2.85 bits per heavy atom. The maximum absolute atomic E-state index is 13.3. The van der Waals surface area contributed by atoms with E-state index in [2.05, 4.69) is 10.1 Å². The Kier molecular flexibility index (Phi) is 4.48. The number of aromatic nitrogens is 2. The number of carbonyl (C=O) groups excluding carboxylic acids is 1. The summed E-state index contributed by atoms with van der Waals surface area (Å²) in [4.78, 5) is 18.7. The number of benzene rings is 2. The van der Waals surface area contributed by atoms with Gasteiger partial charge in [0.2, 0.25) is 17.6 Å². The third-order valence-corrected chi connectivity index (χ3v) is 4.61. The highest BCUT2D eigenvalue weighted by atomic mass is 19.1. The molecule has 2 aromatic carbocycles. The summed E-state index contributed by atoms with van der Waals surface area (Å²) < 4.78 is 18.7. The van der Waals surface area contributed by atoms with Crippen LogP contribution in [-0.2, 0) is 11.2 Å². The van der Waals surface area contributed by atoms with E-state index >= 15 is 0 Å². The zero-order chi connectivity index (χ0) is 17.9. The molecule has 2 heterocycles. The van der Waals surface area contributed by atoms with Gasteiger partial charge in [-0.15, -0.1) is 0 Å². The van der Waals surface area contributed by atoms with Crippen LogP contribution in [0.15, 0.2) is 59.1 Å². The van der Waals surface area contributed by atoms with E-state index in [-0.39, 0.29) is 24.1 Å². The van der Waals surface area contributed by atoms with Crippen LogP contribution in [-0.4, -0.2) is 34.0 Å². The fourth-order valence-electron chi connectivity index (χ4n) is 3.23. The molecule has 0 saturated carbocycles. The maximum atomic E-state index is 13.3. The van der Waals surface area contributed by atoms with Gasteiger partial charge in [-0.25, -0.2) is 4.39 Å². The van der Waals surface area contributed by atoms with Crippen LogP contribution in [0.4, 0.5) is 4.39 Å². The predicted octanol–water partition coefficient (Wildman–Crippen LogP) is 3.43. The Hall–Kier alpha value is -3.02. The predicted molar refractivity (Wildman–Crippen MR) is 93.8 cm³/mol. The molecule has 3 aromatic rings. The van der Waals surface area contributed by atoms with Gasteiger partial charge in [0, 0.05) is 18.7 Å².